The van der Waals surface area contributed by atoms with Gasteiger partial charge in [0, 0.05) is 5.56 Å². The Hall–Kier alpha value is -2.81. The Balaban J connectivity index is 1.91. The maximum atomic E-state index is 12.1. The number of methoxy groups -OCH3 is 1. The number of aryl methyl sites for hydroxylation is 2. The van der Waals surface area contributed by atoms with Gasteiger partial charge in [-0.25, -0.2) is 4.79 Å². The summed E-state index contributed by atoms with van der Waals surface area (Å²) in [6.07, 6.45) is 3.61. The molecule has 2 aromatic carbocycles. The zero-order valence-electron chi connectivity index (χ0n) is 13.4. The predicted molar refractivity (Wildman–Crippen MR) is 91.0 cm³/mol. The van der Waals surface area contributed by atoms with Gasteiger partial charge in [-0.3, -0.25) is 0 Å². The Morgan fingerprint density at radius 2 is 1.78 bits per heavy atom. The first-order chi connectivity index (χ1) is 11.1. The van der Waals surface area contributed by atoms with Crippen LogP contribution in [-0.4, -0.2) is 13.1 Å². The lowest BCUT2D eigenvalue weighted by molar-refractivity contribution is -0.130. The number of hydrogen-bond acceptors (Lipinski definition) is 3. The maximum absolute atomic E-state index is 12.1. The molecule has 3 rings (SSSR count). The molecule has 0 atom stereocenters. The van der Waals surface area contributed by atoms with Crippen LogP contribution in [0, 0.1) is 13.8 Å². The SMILES string of the molecule is COc1ccc(C=C2C=C(c3ccc(C)cc3)OC2=O)cc1C. The highest BCUT2D eigenvalue weighted by Gasteiger charge is 2.21. The fourth-order valence-corrected chi connectivity index (χ4v) is 2.52. The van der Waals surface area contributed by atoms with E-state index in [9.17, 15) is 4.79 Å². The van der Waals surface area contributed by atoms with E-state index in [1.165, 1.54) is 5.56 Å². The third-order valence-corrected chi connectivity index (χ3v) is 3.80. The Morgan fingerprint density at radius 3 is 2.43 bits per heavy atom. The van der Waals surface area contributed by atoms with Crippen LogP contribution in [0.15, 0.2) is 54.1 Å². The van der Waals surface area contributed by atoms with Crippen LogP contribution in [0.3, 0.4) is 0 Å². The Bertz CT molecular complexity index is 811. The van der Waals surface area contributed by atoms with Crippen molar-refractivity contribution in [3.63, 3.8) is 0 Å². The summed E-state index contributed by atoms with van der Waals surface area (Å²) >= 11 is 0. The van der Waals surface area contributed by atoms with Crippen molar-refractivity contribution in [2.24, 2.45) is 0 Å². The zero-order chi connectivity index (χ0) is 16.4. The van der Waals surface area contributed by atoms with Crippen LogP contribution in [0.2, 0.25) is 0 Å². The highest BCUT2D eigenvalue weighted by molar-refractivity contribution is 6.05. The van der Waals surface area contributed by atoms with Crippen LogP contribution in [-0.2, 0) is 9.53 Å². The molecule has 0 bridgehead atoms. The molecule has 0 saturated carbocycles. The number of benzene rings is 2. The molecule has 0 spiro atoms. The van der Waals surface area contributed by atoms with E-state index in [0.717, 1.165) is 22.4 Å². The summed E-state index contributed by atoms with van der Waals surface area (Å²) < 4.78 is 10.6. The Kier molecular flexibility index (Phi) is 4.02. The third kappa shape index (κ3) is 3.19. The van der Waals surface area contributed by atoms with E-state index < -0.39 is 0 Å². The van der Waals surface area contributed by atoms with Crippen LogP contribution in [0.25, 0.3) is 11.8 Å². The third-order valence-electron chi connectivity index (χ3n) is 3.80. The quantitative estimate of drug-likeness (QED) is 0.627. The summed E-state index contributed by atoms with van der Waals surface area (Å²) in [6.45, 7) is 4.00. The molecule has 3 nitrogen and oxygen atoms in total. The topological polar surface area (TPSA) is 35.5 Å². The molecule has 1 heterocycles. The predicted octanol–water partition coefficient (Wildman–Crippen LogP) is 4.29. The average Bonchev–Trinajstić information content (AvgIpc) is 2.89. The number of cyclic esters (lactones) is 1. The molecule has 0 aliphatic carbocycles. The van der Waals surface area contributed by atoms with Crippen molar-refractivity contribution in [2.75, 3.05) is 7.11 Å². The number of carbonyl (C=O) groups is 1. The minimum atomic E-state index is -0.325. The molecule has 116 valence electrons. The molecule has 0 unspecified atom stereocenters. The monoisotopic (exact) mass is 306 g/mol. The second-order valence-electron chi connectivity index (χ2n) is 5.59. The van der Waals surface area contributed by atoms with E-state index in [2.05, 4.69) is 0 Å². The molecular weight excluding hydrogens is 288 g/mol. The summed E-state index contributed by atoms with van der Waals surface area (Å²) in [7, 11) is 1.64. The number of ether oxygens (including phenoxy) is 2. The van der Waals surface area contributed by atoms with Crippen molar-refractivity contribution in [2.45, 2.75) is 13.8 Å². The van der Waals surface area contributed by atoms with Crippen LogP contribution in [0.4, 0.5) is 0 Å². The van der Waals surface area contributed by atoms with Gasteiger partial charge >= 0.3 is 5.97 Å². The number of rotatable bonds is 3. The molecule has 0 radical (unpaired) electrons. The van der Waals surface area contributed by atoms with Gasteiger partial charge in [0.1, 0.15) is 11.5 Å². The van der Waals surface area contributed by atoms with Crippen molar-refractivity contribution >= 4 is 17.8 Å². The molecule has 1 aliphatic rings. The van der Waals surface area contributed by atoms with Gasteiger partial charge < -0.3 is 9.47 Å². The minimum absolute atomic E-state index is 0.325. The smallest absolute Gasteiger partial charge is 0.343 e. The standard InChI is InChI=1S/C20H18O3/c1-13-4-7-16(8-5-13)19-12-17(20(21)23-19)11-15-6-9-18(22-3)14(2)10-15/h4-12H,1-3H3. The molecule has 23 heavy (non-hydrogen) atoms. The van der Waals surface area contributed by atoms with Crippen molar-refractivity contribution in [3.05, 3.63) is 76.4 Å². The molecular formula is C20H18O3. The molecule has 0 amide bonds. The minimum Gasteiger partial charge on any atom is -0.496 e. The van der Waals surface area contributed by atoms with Crippen molar-refractivity contribution in [3.8, 4) is 5.75 Å². The summed E-state index contributed by atoms with van der Waals surface area (Å²) in [5.41, 5.74) is 4.58. The summed E-state index contributed by atoms with van der Waals surface area (Å²) in [5.74, 6) is 1.09. The Morgan fingerprint density at radius 1 is 1.04 bits per heavy atom. The molecule has 0 saturated heterocycles. The molecule has 1 aliphatic heterocycles. The highest BCUT2D eigenvalue weighted by Crippen LogP contribution is 2.28. The van der Waals surface area contributed by atoms with E-state index >= 15 is 0 Å². The highest BCUT2D eigenvalue weighted by atomic mass is 16.5. The lowest BCUT2D eigenvalue weighted by Crippen LogP contribution is -1.97. The summed E-state index contributed by atoms with van der Waals surface area (Å²) in [6, 6.07) is 13.7. The van der Waals surface area contributed by atoms with Gasteiger partial charge in [0.2, 0.25) is 0 Å². The first-order valence-corrected chi connectivity index (χ1v) is 7.44. The van der Waals surface area contributed by atoms with Crippen molar-refractivity contribution < 1.29 is 14.3 Å². The first-order valence-electron chi connectivity index (χ1n) is 7.44. The molecule has 3 heteroatoms. The van der Waals surface area contributed by atoms with E-state index in [1.807, 2.05) is 62.4 Å². The van der Waals surface area contributed by atoms with E-state index in [1.54, 1.807) is 13.2 Å². The first kappa shape index (κ1) is 15.1. The van der Waals surface area contributed by atoms with Crippen LogP contribution >= 0.6 is 0 Å². The Labute approximate surface area is 135 Å². The second-order valence-corrected chi connectivity index (χ2v) is 5.59. The average molecular weight is 306 g/mol. The fraction of sp³-hybridized carbons (Fsp3) is 0.150. The largest absolute Gasteiger partial charge is 0.496 e. The van der Waals surface area contributed by atoms with Gasteiger partial charge in [0.25, 0.3) is 0 Å². The maximum Gasteiger partial charge on any atom is 0.343 e. The lowest BCUT2D eigenvalue weighted by atomic mass is 10.1. The van der Waals surface area contributed by atoms with Crippen LogP contribution < -0.4 is 4.74 Å². The molecule has 2 aromatic rings. The summed E-state index contributed by atoms with van der Waals surface area (Å²) in [5, 5.41) is 0. The zero-order valence-corrected chi connectivity index (χ0v) is 13.4. The van der Waals surface area contributed by atoms with Gasteiger partial charge in [-0.2, -0.15) is 0 Å². The summed E-state index contributed by atoms with van der Waals surface area (Å²) in [4.78, 5) is 12.1. The van der Waals surface area contributed by atoms with Crippen molar-refractivity contribution in [1.82, 2.24) is 0 Å². The van der Waals surface area contributed by atoms with Gasteiger partial charge in [-0.15, -0.1) is 0 Å². The molecule has 0 fully saturated rings. The van der Waals surface area contributed by atoms with Gasteiger partial charge in [0.15, 0.2) is 0 Å². The molecule has 0 N–H and O–H groups in total. The van der Waals surface area contributed by atoms with E-state index in [-0.39, 0.29) is 5.97 Å². The van der Waals surface area contributed by atoms with Gasteiger partial charge in [-0.05, 0) is 49.3 Å². The van der Waals surface area contributed by atoms with Gasteiger partial charge in [0.05, 0.1) is 12.7 Å². The normalized spacial score (nSPS) is 15.5. The number of hydrogen-bond donors (Lipinski definition) is 0. The van der Waals surface area contributed by atoms with Crippen LogP contribution in [0.5, 0.6) is 5.75 Å². The second kappa shape index (κ2) is 6.13. The fourth-order valence-electron chi connectivity index (χ4n) is 2.52. The van der Waals surface area contributed by atoms with Crippen LogP contribution in [0.1, 0.15) is 22.3 Å². The van der Waals surface area contributed by atoms with Crippen molar-refractivity contribution in [1.29, 1.82) is 0 Å². The number of esters is 1. The molecule has 0 aromatic heterocycles. The lowest BCUT2D eigenvalue weighted by Gasteiger charge is -2.04. The van der Waals surface area contributed by atoms with E-state index in [0.29, 0.717) is 11.3 Å². The number of carbonyl (C=O) groups excluding carboxylic acids is 1. The van der Waals surface area contributed by atoms with Gasteiger partial charge in [-0.1, -0.05) is 35.9 Å². The van der Waals surface area contributed by atoms with E-state index in [4.69, 9.17) is 9.47 Å².